The summed E-state index contributed by atoms with van der Waals surface area (Å²) in [6, 6.07) is 1.87. The van der Waals surface area contributed by atoms with E-state index in [0.29, 0.717) is 11.1 Å². The molecule has 0 fully saturated rings. The third kappa shape index (κ3) is 1.40. The molecule has 0 saturated carbocycles. The van der Waals surface area contributed by atoms with Crippen LogP contribution in [0.2, 0.25) is 5.15 Å². The maximum Gasteiger partial charge on any atom is 0.150 e. The van der Waals surface area contributed by atoms with Gasteiger partial charge in [0.05, 0.1) is 0 Å². The summed E-state index contributed by atoms with van der Waals surface area (Å²) >= 11 is 6.08. The molecule has 0 aromatic carbocycles. The number of fused-ring (bicyclic) bond motifs is 1. The summed E-state index contributed by atoms with van der Waals surface area (Å²) in [6.45, 7) is 4.20. The Labute approximate surface area is 88.5 Å². The van der Waals surface area contributed by atoms with Crippen LogP contribution in [0.4, 0.5) is 0 Å². The van der Waals surface area contributed by atoms with E-state index in [2.05, 4.69) is 23.9 Å². The fourth-order valence-corrected chi connectivity index (χ4v) is 1.58. The molecule has 0 atom stereocenters. The normalized spacial score (nSPS) is 11.4. The summed E-state index contributed by atoms with van der Waals surface area (Å²) in [4.78, 5) is 4.51. The van der Waals surface area contributed by atoms with Gasteiger partial charge >= 0.3 is 0 Å². The summed E-state index contributed by atoms with van der Waals surface area (Å²) in [5.74, 6) is 0.381. The predicted molar refractivity (Wildman–Crippen MR) is 60.3 cm³/mol. The monoisotopic (exact) mass is 207 g/mol. The average Bonchev–Trinajstić information content (AvgIpc) is 2.48. The van der Waals surface area contributed by atoms with Crippen LogP contribution < -0.4 is 5.46 Å². The molecule has 0 saturated heterocycles. The maximum absolute atomic E-state index is 6.08. The van der Waals surface area contributed by atoms with E-state index in [0.717, 1.165) is 16.8 Å². The largest absolute Gasteiger partial charge is 0.234 e. The molecule has 0 spiro atoms. The van der Waals surface area contributed by atoms with E-state index in [1.54, 1.807) is 10.7 Å². The van der Waals surface area contributed by atoms with Gasteiger partial charge in [0.2, 0.25) is 0 Å². The highest BCUT2D eigenvalue weighted by Crippen LogP contribution is 2.17. The lowest BCUT2D eigenvalue weighted by Gasteiger charge is -2.06. The van der Waals surface area contributed by atoms with Crippen LogP contribution in [-0.4, -0.2) is 22.4 Å². The summed E-state index contributed by atoms with van der Waals surface area (Å²) in [5, 5.41) is 4.76. The molecule has 0 amide bonds. The first-order valence-corrected chi connectivity index (χ1v) is 4.98. The van der Waals surface area contributed by atoms with E-state index in [-0.39, 0.29) is 0 Å². The molecule has 2 heterocycles. The van der Waals surface area contributed by atoms with Crippen molar-refractivity contribution in [3.63, 3.8) is 0 Å². The van der Waals surface area contributed by atoms with E-state index >= 15 is 0 Å². The number of nitrogens with zero attached hydrogens (tertiary/aromatic N) is 3. The zero-order valence-electron chi connectivity index (χ0n) is 8.45. The van der Waals surface area contributed by atoms with Gasteiger partial charge in [-0.1, -0.05) is 25.4 Å². The molecule has 0 radical (unpaired) electrons. The van der Waals surface area contributed by atoms with Crippen LogP contribution in [-0.2, 0) is 0 Å². The number of hydrogen-bond acceptors (Lipinski definition) is 2. The van der Waals surface area contributed by atoms with Crippen LogP contribution in [0, 0.1) is 0 Å². The van der Waals surface area contributed by atoms with Crippen LogP contribution in [0.3, 0.4) is 0 Å². The first-order valence-electron chi connectivity index (χ1n) is 4.60. The van der Waals surface area contributed by atoms with E-state index in [1.807, 2.05) is 13.9 Å². The van der Waals surface area contributed by atoms with Gasteiger partial charge in [0.15, 0.2) is 5.65 Å². The van der Waals surface area contributed by atoms with Crippen molar-refractivity contribution in [2.75, 3.05) is 0 Å². The van der Waals surface area contributed by atoms with Crippen molar-refractivity contribution >= 4 is 30.6 Å². The zero-order chi connectivity index (χ0) is 10.3. The molecular weight excluding hydrogens is 196 g/mol. The highest BCUT2D eigenvalue weighted by Gasteiger charge is 2.09. The molecular formula is C9H11BClN3. The van der Waals surface area contributed by atoms with Crippen LogP contribution in [0.25, 0.3) is 5.65 Å². The Hall–Kier alpha value is -1.03. The lowest BCUT2D eigenvalue weighted by Crippen LogP contribution is -2.06. The minimum absolute atomic E-state index is 0.381. The van der Waals surface area contributed by atoms with Gasteiger partial charge in [-0.3, -0.25) is 0 Å². The number of hydrogen-bond donors (Lipinski definition) is 0. The highest BCUT2D eigenvalue weighted by molar-refractivity contribution is 6.36. The second-order valence-corrected chi connectivity index (χ2v) is 4.11. The van der Waals surface area contributed by atoms with Crippen molar-refractivity contribution in [1.29, 1.82) is 0 Å². The Morgan fingerprint density at radius 1 is 1.50 bits per heavy atom. The molecule has 14 heavy (non-hydrogen) atoms. The molecule has 3 nitrogen and oxygen atoms in total. The summed E-state index contributed by atoms with van der Waals surface area (Å²) < 4.78 is 1.66. The van der Waals surface area contributed by atoms with Gasteiger partial charge < -0.3 is 0 Å². The Balaban J connectivity index is 2.75. The molecule has 0 aliphatic rings. The molecule has 72 valence electrons. The van der Waals surface area contributed by atoms with Crippen molar-refractivity contribution < 1.29 is 0 Å². The fourth-order valence-electron chi connectivity index (χ4n) is 1.35. The van der Waals surface area contributed by atoms with Gasteiger partial charge in [0, 0.05) is 11.9 Å². The fraction of sp³-hybridized carbons (Fsp3) is 0.333. The quantitative estimate of drug-likeness (QED) is 0.511. The van der Waals surface area contributed by atoms with Crippen molar-refractivity contribution in [2.24, 2.45) is 0 Å². The Bertz CT molecular complexity index is 478. The van der Waals surface area contributed by atoms with Gasteiger partial charge in [0.1, 0.15) is 13.0 Å². The van der Waals surface area contributed by atoms with Gasteiger partial charge in [-0.2, -0.15) is 5.10 Å². The smallest absolute Gasteiger partial charge is 0.150 e. The molecule has 2 rings (SSSR count). The van der Waals surface area contributed by atoms with Gasteiger partial charge in [-0.15, -0.1) is 0 Å². The van der Waals surface area contributed by atoms with Crippen molar-refractivity contribution in [3.8, 4) is 0 Å². The lowest BCUT2D eigenvalue weighted by molar-refractivity contribution is 0.809. The van der Waals surface area contributed by atoms with E-state index in [1.165, 1.54) is 0 Å². The van der Waals surface area contributed by atoms with Crippen molar-refractivity contribution in [3.05, 3.63) is 23.1 Å². The van der Waals surface area contributed by atoms with Crippen molar-refractivity contribution in [2.45, 2.75) is 19.8 Å². The van der Waals surface area contributed by atoms with Gasteiger partial charge in [-0.05, 0) is 17.4 Å². The predicted octanol–water partition coefficient (Wildman–Crippen LogP) is 0.765. The third-order valence-corrected chi connectivity index (χ3v) is 2.49. The number of aromatic nitrogens is 3. The maximum atomic E-state index is 6.08. The SMILES string of the molecule is Bc1cnn2c(Cl)cc(C(C)C)nc12. The second-order valence-electron chi connectivity index (χ2n) is 3.72. The number of rotatable bonds is 1. The van der Waals surface area contributed by atoms with Crippen LogP contribution >= 0.6 is 11.6 Å². The highest BCUT2D eigenvalue weighted by atomic mass is 35.5. The first kappa shape index (κ1) is 9.53. The zero-order valence-corrected chi connectivity index (χ0v) is 9.21. The second kappa shape index (κ2) is 3.28. The standard InChI is InChI=1S/C9H11BClN3/c1-5(2)7-3-8(11)14-9(13-7)6(10)4-12-14/h3-5H,10H2,1-2H3. The lowest BCUT2D eigenvalue weighted by atomic mass is 10.0. The third-order valence-electron chi connectivity index (χ3n) is 2.22. The van der Waals surface area contributed by atoms with Crippen LogP contribution in [0.1, 0.15) is 25.5 Å². The molecule has 0 aliphatic heterocycles. The molecule has 0 N–H and O–H groups in total. The minimum atomic E-state index is 0.381. The minimum Gasteiger partial charge on any atom is -0.234 e. The van der Waals surface area contributed by atoms with Crippen LogP contribution in [0.5, 0.6) is 0 Å². The van der Waals surface area contributed by atoms with Gasteiger partial charge in [0.25, 0.3) is 0 Å². The molecule has 0 unspecified atom stereocenters. The van der Waals surface area contributed by atoms with E-state index in [9.17, 15) is 0 Å². The molecule has 0 bridgehead atoms. The van der Waals surface area contributed by atoms with E-state index in [4.69, 9.17) is 11.6 Å². The summed E-state index contributed by atoms with van der Waals surface area (Å²) in [6.07, 6.45) is 1.78. The Morgan fingerprint density at radius 2 is 2.21 bits per heavy atom. The average molecular weight is 207 g/mol. The van der Waals surface area contributed by atoms with Crippen LogP contribution in [0.15, 0.2) is 12.3 Å². The Morgan fingerprint density at radius 3 is 2.86 bits per heavy atom. The summed E-state index contributed by atoms with van der Waals surface area (Å²) in [5.41, 5.74) is 2.90. The summed E-state index contributed by atoms with van der Waals surface area (Å²) in [7, 11) is 1.98. The first-order chi connectivity index (χ1) is 6.59. The molecule has 5 heteroatoms. The van der Waals surface area contributed by atoms with E-state index < -0.39 is 0 Å². The van der Waals surface area contributed by atoms with Crippen molar-refractivity contribution in [1.82, 2.24) is 14.6 Å². The topological polar surface area (TPSA) is 30.2 Å². The molecule has 0 aliphatic carbocycles. The number of halogens is 1. The van der Waals surface area contributed by atoms with Gasteiger partial charge in [-0.25, -0.2) is 9.50 Å². The molecule has 2 aromatic rings. The molecule has 2 aromatic heterocycles. The Kier molecular flexibility index (Phi) is 2.23.